The molecular formula is C19H12N2O3. The van der Waals surface area contributed by atoms with E-state index in [4.69, 9.17) is 0 Å². The molecule has 24 heavy (non-hydrogen) atoms. The number of nitrogens with one attached hydrogen (secondary N) is 1. The highest BCUT2D eigenvalue weighted by atomic mass is 16.6. The Morgan fingerprint density at radius 2 is 1.67 bits per heavy atom. The lowest BCUT2D eigenvalue weighted by Gasteiger charge is -2.03. The smallest absolute Gasteiger partial charge is 0.270 e. The summed E-state index contributed by atoms with van der Waals surface area (Å²) < 4.78 is 0. The van der Waals surface area contributed by atoms with Crippen LogP contribution in [-0.4, -0.2) is 9.91 Å². The third kappa shape index (κ3) is 2.14. The molecule has 5 heteroatoms. The first-order chi connectivity index (χ1) is 11.6. The van der Waals surface area contributed by atoms with Crippen molar-refractivity contribution in [3.63, 3.8) is 0 Å². The lowest BCUT2D eigenvalue weighted by Crippen LogP contribution is -2.07. The van der Waals surface area contributed by atoms with E-state index in [9.17, 15) is 14.9 Å². The number of H-pyrrole nitrogens is 1. The van der Waals surface area contributed by atoms with Gasteiger partial charge in [0.25, 0.3) is 11.2 Å². The van der Waals surface area contributed by atoms with E-state index in [-0.39, 0.29) is 11.2 Å². The minimum absolute atomic E-state index is 0.0365. The molecule has 1 N–H and O–H groups in total. The normalized spacial score (nSPS) is 13.6. The molecule has 1 aliphatic carbocycles. The van der Waals surface area contributed by atoms with Crippen molar-refractivity contribution in [2.24, 2.45) is 0 Å². The second-order valence-electron chi connectivity index (χ2n) is 5.55. The Balaban J connectivity index is 2.01. The average Bonchev–Trinajstić information content (AvgIpc) is 2.90. The van der Waals surface area contributed by atoms with Gasteiger partial charge in [0.15, 0.2) is 0 Å². The van der Waals surface area contributed by atoms with E-state index >= 15 is 0 Å². The van der Waals surface area contributed by atoms with Gasteiger partial charge >= 0.3 is 0 Å². The van der Waals surface area contributed by atoms with E-state index < -0.39 is 4.92 Å². The van der Waals surface area contributed by atoms with Crippen molar-refractivity contribution in [3.8, 4) is 11.1 Å². The summed E-state index contributed by atoms with van der Waals surface area (Å²) in [6, 6.07) is 16.1. The van der Waals surface area contributed by atoms with Crippen molar-refractivity contribution >= 4 is 17.3 Å². The number of benzene rings is 2. The summed E-state index contributed by atoms with van der Waals surface area (Å²) in [5.41, 5.74) is 4.87. The molecule has 0 unspecified atom stereocenters. The van der Waals surface area contributed by atoms with Gasteiger partial charge in [-0.15, -0.1) is 0 Å². The molecule has 0 bridgehead atoms. The number of nitrogens with zero attached hydrogens (tertiary/aromatic N) is 1. The number of nitro benzene ring substituents is 1. The first kappa shape index (κ1) is 14.1. The number of aromatic amines is 1. The fraction of sp³-hybridized carbons (Fsp3) is 0. The van der Waals surface area contributed by atoms with E-state index in [1.165, 1.54) is 6.07 Å². The minimum atomic E-state index is -0.407. The topological polar surface area (TPSA) is 76.0 Å². The van der Waals surface area contributed by atoms with Crippen molar-refractivity contribution < 1.29 is 4.92 Å². The molecule has 2 aromatic carbocycles. The van der Waals surface area contributed by atoms with Gasteiger partial charge in [-0.05, 0) is 52.1 Å². The second kappa shape index (κ2) is 5.31. The number of aromatic nitrogens is 1. The van der Waals surface area contributed by atoms with E-state index in [0.29, 0.717) is 5.56 Å². The Morgan fingerprint density at radius 3 is 2.42 bits per heavy atom. The standard InChI is InChI=1S/C19H12N2O3/c22-19-12(4-3-9-20-19)10-17-15-6-2-1-5-14(15)16-8-7-13(21(23)24)11-18(16)17/h1-11H,(H,20,22). The van der Waals surface area contributed by atoms with Crippen LogP contribution in [-0.2, 0) is 0 Å². The van der Waals surface area contributed by atoms with Crippen LogP contribution in [0.1, 0.15) is 16.7 Å². The maximum absolute atomic E-state index is 12.0. The van der Waals surface area contributed by atoms with Crippen molar-refractivity contribution in [2.45, 2.75) is 0 Å². The number of non-ortho nitro benzene ring substituents is 1. The third-order valence-electron chi connectivity index (χ3n) is 4.16. The summed E-state index contributed by atoms with van der Waals surface area (Å²) in [7, 11) is 0. The lowest BCUT2D eigenvalue weighted by molar-refractivity contribution is -0.384. The second-order valence-corrected chi connectivity index (χ2v) is 5.55. The maximum atomic E-state index is 12.0. The number of pyridine rings is 1. The number of fused-ring (bicyclic) bond motifs is 3. The molecule has 0 amide bonds. The van der Waals surface area contributed by atoms with E-state index in [2.05, 4.69) is 4.98 Å². The molecule has 0 spiro atoms. The van der Waals surface area contributed by atoms with Crippen molar-refractivity contribution in [2.75, 3.05) is 0 Å². The molecule has 0 fully saturated rings. The highest BCUT2D eigenvalue weighted by molar-refractivity contribution is 6.06. The third-order valence-corrected chi connectivity index (χ3v) is 4.16. The van der Waals surface area contributed by atoms with Crippen LogP contribution < -0.4 is 5.56 Å². The molecule has 1 aliphatic rings. The number of rotatable bonds is 2. The predicted octanol–water partition coefficient (Wildman–Crippen LogP) is 3.85. The average molecular weight is 316 g/mol. The van der Waals surface area contributed by atoms with Crippen LogP contribution in [0, 0.1) is 10.1 Å². The Morgan fingerprint density at radius 1 is 0.917 bits per heavy atom. The van der Waals surface area contributed by atoms with Crippen LogP contribution >= 0.6 is 0 Å². The van der Waals surface area contributed by atoms with Crippen LogP contribution in [0.4, 0.5) is 5.69 Å². The van der Waals surface area contributed by atoms with E-state index in [1.54, 1.807) is 36.5 Å². The van der Waals surface area contributed by atoms with Gasteiger partial charge in [-0.25, -0.2) is 0 Å². The van der Waals surface area contributed by atoms with Crippen LogP contribution in [0.25, 0.3) is 22.8 Å². The molecule has 116 valence electrons. The summed E-state index contributed by atoms with van der Waals surface area (Å²) in [4.78, 5) is 25.4. The van der Waals surface area contributed by atoms with E-state index in [1.807, 2.05) is 24.3 Å². The largest absolute Gasteiger partial charge is 0.329 e. The van der Waals surface area contributed by atoms with Crippen LogP contribution in [0.2, 0.25) is 0 Å². The number of nitro groups is 1. The fourth-order valence-corrected chi connectivity index (χ4v) is 3.06. The van der Waals surface area contributed by atoms with Gasteiger partial charge in [0.2, 0.25) is 0 Å². The summed E-state index contributed by atoms with van der Waals surface area (Å²) in [6.45, 7) is 0. The molecule has 0 saturated heterocycles. The quantitative estimate of drug-likeness (QED) is 0.451. The van der Waals surface area contributed by atoms with Gasteiger partial charge in [0.1, 0.15) is 0 Å². The van der Waals surface area contributed by atoms with Gasteiger partial charge in [-0.1, -0.05) is 24.3 Å². The molecule has 4 rings (SSSR count). The number of hydrogen-bond acceptors (Lipinski definition) is 3. The maximum Gasteiger partial charge on any atom is 0.270 e. The first-order valence-corrected chi connectivity index (χ1v) is 7.43. The zero-order valence-electron chi connectivity index (χ0n) is 12.5. The molecular weight excluding hydrogens is 304 g/mol. The minimum Gasteiger partial charge on any atom is -0.329 e. The van der Waals surface area contributed by atoms with Gasteiger partial charge in [0, 0.05) is 23.9 Å². The molecule has 0 radical (unpaired) electrons. The molecule has 3 aromatic rings. The monoisotopic (exact) mass is 316 g/mol. The van der Waals surface area contributed by atoms with Crippen molar-refractivity contribution in [3.05, 3.63) is 98.0 Å². The molecule has 0 saturated carbocycles. The Bertz CT molecular complexity index is 1060. The van der Waals surface area contributed by atoms with Crippen molar-refractivity contribution in [1.29, 1.82) is 0 Å². The Labute approximate surface area is 137 Å². The molecule has 0 aliphatic heterocycles. The van der Waals surface area contributed by atoms with Crippen molar-refractivity contribution in [1.82, 2.24) is 4.98 Å². The Hall–Kier alpha value is -3.47. The summed E-state index contributed by atoms with van der Waals surface area (Å²) in [6.07, 6.45) is 3.36. The Kier molecular flexibility index (Phi) is 3.13. The van der Waals surface area contributed by atoms with E-state index in [0.717, 1.165) is 27.8 Å². The highest BCUT2D eigenvalue weighted by Gasteiger charge is 2.25. The van der Waals surface area contributed by atoms with Gasteiger partial charge in [-0.2, -0.15) is 0 Å². The first-order valence-electron chi connectivity index (χ1n) is 7.43. The van der Waals surface area contributed by atoms with Crippen LogP contribution in [0.15, 0.2) is 65.6 Å². The highest BCUT2D eigenvalue weighted by Crippen LogP contribution is 2.45. The van der Waals surface area contributed by atoms with Gasteiger partial charge in [-0.3, -0.25) is 14.9 Å². The zero-order valence-corrected chi connectivity index (χ0v) is 12.5. The van der Waals surface area contributed by atoms with Crippen LogP contribution in [0.3, 0.4) is 0 Å². The molecule has 5 nitrogen and oxygen atoms in total. The SMILES string of the molecule is O=c1[nH]cccc1C=C1c2ccccc2-c2ccc([N+](=O)[O-])cc21. The number of hydrogen-bond donors (Lipinski definition) is 1. The predicted molar refractivity (Wildman–Crippen MR) is 92.6 cm³/mol. The molecule has 0 atom stereocenters. The van der Waals surface area contributed by atoms with Crippen LogP contribution in [0.5, 0.6) is 0 Å². The summed E-state index contributed by atoms with van der Waals surface area (Å²) in [5.74, 6) is 0. The summed E-state index contributed by atoms with van der Waals surface area (Å²) in [5, 5.41) is 11.1. The molecule has 1 heterocycles. The fourth-order valence-electron chi connectivity index (χ4n) is 3.06. The molecule has 1 aromatic heterocycles. The van der Waals surface area contributed by atoms with Gasteiger partial charge < -0.3 is 4.98 Å². The van der Waals surface area contributed by atoms with Gasteiger partial charge in [0.05, 0.1) is 4.92 Å². The summed E-state index contributed by atoms with van der Waals surface area (Å²) >= 11 is 0. The lowest BCUT2D eigenvalue weighted by atomic mass is 10.0. The zero-order chi connectivity index (χ0) is 16.7.